The third kappa shape index (κ3) is 1.43. The molecule has 0 amide bonds. The molecule has 5 aliphatic carbocycles. The average molecular weight is 320 g/mol. The van der Waals surface area contributed by atoms with E-state index in [2.05, 4.69) is 13.8 Å². The van der Waals surface area contributed by atoms with Crippen molar-refractivity contribution >= 4 is 0 Å². The number of rotatable bonds is 0. The number of hydrogen-bond acceptors (Lipinski definition) is 3. The van der Waals surface area contributed by atoms with Crippen molar-refractivity contribution < 1.29 is 15.3 Å². The van der Waals surface area contributed by atoms with Crippen LogP contribution < -0.4 is 0 Å². The topological polar surface area (TPSA) is 60.7 Å². The summed E-state index contributed by atoms with van der Waals surface area (Å²) in [7, 11) is 0. The van der Waals surface area contributed by atoms with Crippen LogP contribution in [0.15, 0.2) is 0 Å². The summed E-state index contributed by atoms with van der Waals surface area (Å²) >= 11 is 0. The Morgan fingerprint density at radius 2 is 1.65 bits per heavy atom. The molecule has 0 saturated heterocycles. The van der Waals surface area contributed by atoms with Gasteiger partial charge in [0.25, 0.3) is 0 Å². The molecule has 23 heavy (non-hydrogen) atoms. The maximum atomic E-state index is 11.2. The standard InChI is InChI=1S/C20H32O3/c1-17-6-4-11-9-20(11,17)15(22)8-12-13-5-7-19(3,23)18(13,2)10-14(21)16(12)17/h11-16,21-23H,4-10H2,1-3H3/t11-,12-,13-,14+,15+,16+,17+,18-,19-,20-/m0/s1. The molecular formula is C20H32O3. The molecule has 130 valence electrons. The van der Waals surface area contributed by atoms with E-state index in [0.29, 0.717) is 23.7 Å². The molecule has 10 atom stereocenters. The SMILES string of the molecule is C[C@]1(O)CC[C@H]2[C@@H]3C[C@@H](O)[C@]45C[C@@H]4CC[C@]5(C)[C@H]3[C@H](O)C[C@@]21C. The van der Waals surface area contributed by atoms with Gasteiger partial charge in [0.2, 0.25) is 0 Å². The van der Waals surface area contributed by atoms with Crippen molar-refractivity contribution in [1.82, 2.24) is 0 Å². The third-order valence-electron chi connectivity index (χ3n) is 10.1. The largest absolute Gasteiger partial charge is 0.393 e. The van der Waals surface area contributed by atoms with Crippen molar-refractivity contribution in [3.8, 4) is 0 Å². The monoisotopic (exact) mass is 320 g/mol. The van der Waals surface area contributed by atoms with E-state index in [1.807, 2.05) is 6.92 Å². The first-order chi connectivity index (χ1) is 10.7. The van der Waals surface area contributed by atoms with Crippen LogP contribution in [0.1, 0.15) is 65.7 Å². The first-order valence-electron chi connectivity index (χ1n) is 9.76. The molecule has 5 fully saturated rings. The Labute approximate surface area is 139 Å². The maximum absolute atomic E-state index is 11.2. The Morgan fingerprint density at radius 1 is 0.913 bits per heavy atom. The predicted octanol–water partition coefficient (Wildman–Crippen LogP) is 2.72. The molecule has 5 aliphatic rings. The molecule has 0 unspecified atom stereocenters. The highest BCUT2D eigenvalue weighted by molar-refractivity contribution is 5.27. The van der Waals surface area contributed by atoms with E-state index in [0.717, 1.165) is 25.7 Å². The van der Waals surface area contributed by atoms with E-state index in [4.69, 9.17) is 0 Å². The molecule has 0 aromatic rings. The second-order valence-corrected chi connectivity index (χ2v) is 10.4. The highest BCUT2D eigenvalue weighted by Crippen LogP contribution is 2.81. The highest BCUT2D eigenvalue weighted by atomic mass is 16.3. The van der Waals surface area contributed by atoms with Gasteiger partial charge < -0.3 is 15.3 Å². The zero-order valence-corrected chi connectivity index (χ0v) is 14.8. The molecule has 0 aromatic carbocycles. The fourth-order valence-corrected chi connectivity index (χ4v) is 8.65. The fraction of sp³-hybridized carbons (Fsp3) is 1.00. The van der Waals surface area contributed by atoms with Crippen LogP contribution in [0.3, 0.4) is 0 Å². The summed E-state index contributed by atoms with van der Waals surface area (Å²) in [6.45, 7) is 6.53. The minimum atomic E-state index is -0.678. The molecule has 5 rings (SSSR count). The lowest BCUT2D eigenvalue weighted by atomic mass is 9.44. The zero-order valence-electron chi connectivity index (χ0n) is 14.8. The maximum Gasteiger partial charge on any atom is 0.0676 e. The van der Waals surface area contributed by atoms with Gasteiger partial charge in [-0.15, -0.1) is 0 Å². The Morgan fingerprint density at radius 3 is 2.35 bits per heavy atom. The minimum absolute atomic E-state index is 0.106. The lowest BCUT2D eigenvalue weighted by Crippen LogP contribution is -2.62. The number of fused-ring (bicyclic) bond motifs is 4. The van der Waals surface area contributed by atoms with E-state index >= 15 is 0 Å². The van der Waals surface area contributed by atoms with Gasteiger partial charge in [0.05, 0.1) is 17.8 Å². The molecule has 0 aliphatic heterocycles. The van der Waals surface area contributed by atoms with Gasteiger partial charge in [-0.1, -0.05) is 13.8 Å². The van der Waals surface area contributed by atoms with Gasteiger partial charge in [-0.05, 0) is 81.0 Å². The number of aliphatic hydroxyl groups excluding tert-OH is 2. The molecule has 0 aromatic heterocycles. The zero-order chi connectivity index (χ0) is 16.4. The van der Waals surface area contributed by atoms with Crippen LogP contribution in [0, 0.1) is 39.9 Å². The quantitative estimate of drug-likeness (QED) is 0.643. The second kappa shape index (κ2) is 3.99. The summed E-state index contributed by atoms with van der Waals surface area (Å²) in [5, 5.41) is 33.2. The molecule has 3 nitrogen and oxygen atoms in total. The molecular weight excluding hydrogens is 288 g/mol. The van der Waals surface area contributed by atoms with Gasteiger partial charge >= 0.3 is 0 Å². The van der Waals surface area contributed by atoms with Crippen LogP contribution >= 0.6 is 0 Å². The summed E-state index contributed by atoms with van der Waals surface area (Å²) in [6.07, 6.45) is 6.56. The van der Waals surface area contributed by atoms with Gasteiger partial charge in [-0.2, -0.15) is 0 Å². The van der Waals surface area contributed by atoms with Crippen molar-refractivity contribution in [2.24, 2.45) is 39.9 Å². The van der Waals surface area contributed by atoms with E-state index in [-0.39, 0.29) is 28.5 Å². The van der Waals surface area contributed by atoms with Crippen LogP contribution in [0.2, 0.25) is 0 Å². The van der Waals surface area contributed by atoms with Gasteiger partial charge in [0.15, 0.2) is 0 Å². The van der Waals surface area contributed by atoms with Crippen LogP contribution in [0.4, 0.5) is 0 Å². The summed E-state index contributed by atoms with van der Waals surface area (Å²) in [5.74, 6) is 1.86. The van der Waals surface area contributed by atoms with Gasteiger partial charge in [-0.25, -0.2) is 0 Å². The fourth-order valence-electron chi connectivity index (χ4n) is 8.65. The second-order valence-electron chi connectivity index (χ2n) is 10.4. The van der Waals surface area contributed by atoms with E-state index in [1.165, 1.54) is 19.3 Å². The molecule has 3 N–H and O–H groups in total. The molecule has 0 heterocycles. The van der Waals surface area contributed by atoms with E-state index in [1.54, 1.807) is 0 Å². The first-order valence-corrected chi connectivity index (χ1v) is 9.76. The number of aliphatic hydroxyl groups is 3. The van der Waals surface area contributed by atoms with E-state index in [9.17, 15) is 15.3 Å². The minimum Gasteiger partial charge on any atom is -0.393 e. The Balaban J connectivity index is 1.59. The predicted molar refractivity (Wildman–Crippen MR) is 87.6 cm³/mol. The van der Waals surface area contributed by atoms with Crippen LogP contribution in [0.25, 0.3) is 0 Å². The average Bonchev–Trinajstić information content (AvgIpc) is 3.04. The Bertz CT molecular complexity index is 559. The summed E-state index contributed by atoms with van der Waals surface area (Å²) in [5.41, 5.74) is -0.655. The first kappa shape index (κ1) is 15.2. The van der Waals surface area contributed by atoms with Crippen LogP contribution in [-0.4, -0.2) is 33.1 Å². The highest BCUT2D eigenvalue weighted by Gasteiger charge is 2.78. The molecule has 1 spiro atoms. The third-order valence-corrected chi connectivity index (χ3v) is 10.1. The lowest BCUT2D eigenvalue weighted by molar-refractivity contribution is -0.210. The van der Waals surface area contributed by atoms with Gasteiger partial charge in [0, 0.05) is 10.8 Å². The Kier molecular flexibility index (Phi) is 2.63. The Hall–Kier alpha value is -0.120. The van der Waals surface area contributed by atoms with Crippen molar-refractivity contribution in [3.63, 3.8) is 0 Å². The van der Waals surface area contributed by atoms with Crippen molar-refractivity contribution in [1.29, 1.82) is 0 Å². The van der Waals surface area contributed by atoms with Crippen molar-refractivity contribution in [2.75, 3.05) is 0 Å². The molecule has 5 saturated carbocycles. The normalized spacial score (nSPS) is 69.7. The molecule has 3 heteroatoms. The van der Waals surface area contributed by atoms with Crippen molar-refractivity contribution in [2.45, 2.75) is 83.5 Å². The van der Waals surface area contributed by atoms with Gasteiger partial charge in [-0.3, -0.25) is 0 Å². The van der Waals surface area contributed by atoms with Gasteiger partial charge in [0.1, 0.15) is 0 Å². The lowest BCUT2D eigenvalue weighted by Gasteiger charge is -2.62. The molecule has 0 radical (unpaired) electrons. The summed E-state index contributed by atoms with van der Waals surface area (Å²) in [4.78, 5) is 0. The summed E-state index contributed by atoms with van der Waals surface area (Å²) in [6, 6.07) is 0. The van der Waals surface area contributed by atoms with E-state index < -0.39 is 5.60 Å². The molecule has 0 bridgehead atoms. The summed E-state index contributed by atoms with van der Waals surface area (Å²) < 4.78 is 0. The number of hydrogen-bond donors (Lipinski definition) is 3. The van der Waals surface area contributed by atoms with Crippen LogP contribution in [-0.2, 0) is 0 Å². The van der Waals surface area contributed by atoms with Crippen molar-refractivity contribution in [3.05, 3.63) is 0 Å². The smallest absolute Gasteiger partial charge is 0.0676 e. The van der Waals surface area contributed by atoms with Crippen LogP contribution in [0.5, 0.6) is 0 Å².